The minimum atomic E-state index is -0.0757. The zero-order valence-corrected chi connectivity index (χ0v) is 13.8. The first-order chi connectivity index (χ1) is 9.73. The maximum absolute atomic E-state index is 12.1. The van der Waals surface area contributed by atoms with Gasteiger partial charge >= 0.3 is 0 Å². The van der Waals surface area contributed by atoms with Crippen LogP contribution in [0.4, 0.5) is 0 Å². The molecule has 0 aromatic heterocycles. The number of aliphatic hydroxyl groups excluding tert-OH is 1. The lowest BCUT2D eigenvalue weighted by Crippen LogP contribution is -2.45. The van der Waals surface area contributed by atoms with Gasteiger partial charge in [0.1, 0.15) is 0 Å². The van der Waals surface area contributed by atoms with E-state index in [1.54, 1.807) is 4.90 Å². The molecule has 5 heteroatoms. The summed E-state index contributed by atoms with van der Waals surface area (Å²) in [6, 6.07) is 0.236. The lowest BCUT2D eigenvalue weighted by molar-refractivity contribution is -0.134. The number of carbonyl (C=O) groups excluding carboxylic acids is 2. The average molecular weight is 298 g/mol. The van der Waals surface area contributed by atoms with Crippen molar-refractivity contribution in [3.63, 3.8) is 0 Å². The van der Waals surface area contributed by atoms with Crippen molar-refractivity contribution in [2.45, 2.75) is 58.9 Å². The number of carbonyl (C=O) groups is 2. The predicted molar refractivity (Wildman–Crippen MR) is 82.7 cm³/mol. The molecule has 5 nitrogen and oxygen atoms in total. The number of amides is 2. The normalized spacial score (nSPS) is 22.7. The Balaban J connectivity index is 2.33. The highest BCUT2D eigenvalue weighted by Gasteiger charge is 2.26. The lowest BCUT2D eigenvalue weighted by Gasteiger charge is -2.34. The summed E-state index contributed by atoms with van der Waals surface area (Å²) >= 11 is 0. The van der Waals surface area contributed by atoms with E-state index < -0.39 is 0 Å². The third kappa shape index (κ3) is 6.46. The van der Waals surface area contributed by atoms with Gasteiger partial charge in [-0.3, -0.25) is 9.59 Å². The van der Waals surface area contributed by atoms with Crippen molar-refractivity contribution in [3.8, 4) is 0 Å². The molecule has 0 aliphatic heterocycles. The monoisotopic (exact) mass is 298 g/mol. The minimum absolute atomic E-state index is 0.0373. The summed E-state index contributed by atoms with van der Waals surface area (Å²) in [5, 5.41) is 11.8. The first-order valence-electron chi connectivity index (χ1n) is 7.86. The molecule has 2 amide bonds. The Labute approximate surface area is 128 Å². The highest BCUT2D eigenvalue weighted by Crippen LogP contribution is 2.26. The van der Waals surface area contributed by atoms with Gasteiger partial charge in [0.05, 0.1) is 6.54 Å². The predicted octanol–water partition coefficient (Wildman–Crippen LogP) is 1.55. The molecule has 0 aromatic carbocycles. The van der Waals surface area contributed by atoms with E-state index in [1.165, 1.54) is 0 Å². The van der Waals surface area contributed by atoms with Crippen LogP contribution in [0.25, 0.3) is 0 Å². The van der Waals surface area contributed by atoms with Gasteiger partial charge in [0.2, 0.25) is 11.8 Å². The Kier molecular flexibility index (Phi) is 6.65. The molecular weight excluding hydrogens is 268 g/mol. The second kappa shape index (κ2) is 7.78. The van der Waals surface area contributed by atoms with Crippen molar-refractivity contribution >= 4 is 11.8 Å². The summed E-state index contributed by atoms with van der Waals surface area (Å²) < 4.78 is 0. The molecule has 1 aliphatic carbocycles. The molecule has 1 aliphatic rings. The van der Waals surface area contributed by atoms with E-state index in [1.807, 2.05) is 27.8 Å². The summed E-state index contributed by atoms with van der Waals surface area (Å²) in [6.07, 6.45) is 4.22. The zero-order chi connectivity index (χ0) is 16.0. The summed E-state index contributed by atoms with van der Waals surface area (Å²) in [5.41, 5.74) is -0.0677. The number of hydrogen-bond acceptors (Lipinski definition) is 3. The Bertz CT molecular complexity index is 355. The Morgan fingerprint density at radius 1 is 1.19 bits per heavy atom. The largest absolute Gasteiger partial charge is 0.396 e. The van der Waals surface area contributed by atoms with Crippen LogP contribution in [-0.4, -0.2) is 48.1 Å². The van der Waals surface area contributed by atoms with Gasteiger partial charge in [0, 0.05) is 26.1 Å². The second-order valence-electron chi connectivity index (χ2n) is 7.38. The highest BCUT2D eigenvalue weighted by atomic mass is 16.3. The fourth-order valence-corrected chi connectivity index (χ4v) is 2.76. The molecular formula is C16H30N2O3. The molecule has 1 saturated carbocycles. The lowest BCUT2D eigenvalue weighted by atomic mass is 9.86. The zero-order valence-electron chi connectivity index (χ0n) is 13.8. The van der Waals surface area contributed by atoms with Crippen molar-refractivity contribution in [1.82, 2.24) is 10.2 Å². The fraction of sp³-hybridized carbons (Fsp3) is 0.875. The highest BCUT2D eigenvalue weighted by molar-refractivity contribution is 5.85. The van der Waals surface area contributed by atoms with Gasteiger partial charge < -0.3 is 15.3 Å². The maximum Gasteiger partial charge on any atom is 0.241 e. The number of likely N-dealkylation sites (N-methyl/N-ethyl adjacent to an activating group) is 1. The molecule has 21 heavy (non-hydrogen) atoms. The van der Waals surface area contributed by atoms with Crippen LogP contribution < -0.4 is 5.32 Å². The number of nitrogens with zero attached hydrogens (tertiary/aromatic N) is 1. The molecule has 2 N–H and O–H groups in total. The van der Waals surface area contributed by atoms with E-state index in [4.69, 9.17) is 5.11 Å². The SMILES string of the molecule is CN(C(=O)CNC(=O)CC(C)(C)C)C1CCC(CO)CC1. The van der Waals surface area contributed by atoms with Crippen molar-refractivity contribution < 1.29 is 14.7 Å². The second-order valence-corrected chi connectivity index (χ2v) is 7.38. The molecule has 0 radical (unpaired) electrons. The van der Waals surface area contributed by atoms with E-state index in [0.29, 0.717) is 12.3 Å². The molecule has 1 fully saturated rings. The van der Waals surface area contributed by atoms with Crippen LogP contribution in [0.1, 0.15) is 52.9 Å². The molecule has 0 aromatic rings. The molecule has 1 rings (SSSR count). The molecule has 0 bridgehead atoms. The van der Waals surface area contributed by atoms with E-state index >= 15 is 0 Å². The van der Waals surface area contributed by atoms with E-state index in [9.17, 15) is 9.59 Å². The van der Waals surface area contributed by atoms with Gasteiger partial charge in [0.25, 0.3) is 0 Å². The van der Waals surface area contributed by atoms with E-state index in [-0.39, 0.29) is 36.4 Å². The van der Waals surface area contributed by atoms with Gasteiger partial charge in [-0.2, -0.15) is 0 Å². The van der Waals surface area contributed by atoms with Crippen molar-refractivity contribution in [1.29, 1.82) is 0 Å². The van der Waals surface area contributed by atoms with Crippen LogP contribution in [-0.2, 0) is 9.59 Å². The fourth-order valence-electron chi connectivity index (χ4n) is 2.76. The summed E-state index contributed by atoms with van der Waals surface area (Å²) in [4.78, 5) is 25.6. The smallest absolute Gasteiger partial charge is 0.241 e. The van der Waals surface area contributed by atoms with Crippen LogP contribution in [0.15, 0.2) is 0 Å². The third-order valence-corrected chi connectivity index (χ3v) is 4.14. The quantitative estimate of drug-likeness (QED) is 0.809. The van der Waals surface area contributed by atoms with E-state index in [0.717, 1.165) is 25.7 Å². The minimum Gasteiger partial charge on any atom is -0.396 e. The number of nitrogens with one attached hydrogen (secondary N) is 1. The molecule has 0 heterocycles. The molecule has 122 valence electrons. The first kappa shape index (κ1) is 18.0. The summed E-state index contributed by atoms with van der Waals surface area (Å²) in [6.45, 7) is 6.32. The number of aliphatic hydroxyl groups is 1. The maximum atomic E-state index is 12.1. The third-order valence-electron chi connectivity index (χ3n) is 4.14. The van der Waals surface area contributed by atoms with Crippen molar-refractivity contribution in [3.05, 3.63) is 0 Å². The number of rotatable bonds is 5. The molecule has 0 spiro atoms. The van der Waals surface area contributed by atoms with Crippen LogP contribution in [0.3, 0.4) is 0 Å². The molecule has 0 atom stereocenters. The van der Waals surface area contributed by atoms with Gasteiger partial charge in [-0.15, -0.1) is 0 Å². The number of hydrogen-bond donors (Lipinski definition) is 2. The van der Waals surface area contributed by atoms with Gasteiger partial charge in [0.15, 0.2) is 0 Å². The van der Waals surface area contributed by atoms with Gasteiger partial charge in [-0.1, -0.05) is 20.8 Å². The first-order valence-corrected chi connectivity index (χ1v) is 7.86. The van der Waals surface area contributed by atoms with Crippen LogP contribution in [0.2, 0.25) is 0 Å². The molecule has 0 unspecified atom stereocenters. The average Bonchev–Trinajstić information content (AvgIpc) is 2.42. The van der Waals surface area contributed by atoms with Gasteiger partial charge in [-0.05, 0) is 37.0 Å². The van der Waals surface area contributed by atoms with Crippen molar-refractivity contribution in [2.75, 3.05) is 20.2 Å². The Hall–Kier alpha value is -1.10. The van der Waals surface area contributed by atoms with Gasteiger partial charge in [-0.25, -0.2) is 0 Å². The van der Waals surface area contributed by atoms with Crippen LogP contribution in [0, 0.1) is 11.3 Å². The van der Waals surface area contributed by atoms with Crippen molar-refractivity contribution in [2.24, 2.45) is 11.3 Å². The van der Waals surface area contributed by atoms with Crippen LogP contribution >= 0.6 is 0 Å². The van der Waals surface area contributed by atoms with E-state index in [2.05, 4.69) is 5.32 Å². The van der Waals surface area contributed by atoms with Crippen LogP contribution in [0.5, 0.6) is 0 Å². The summed E-state index contributed by atoms with van der Waals surface area (Å²) in [5.74, 6) is 0.272. The summed E-state index contributed by atoms with van der Waals surface area (Å²) in [7, 11) is 1.81. The standard InChI is InChI=1S/C16H30N2O3/c1-16(2,3)9-14(20)17-10-15(21)18(4)13-7-5-12(11-19)6-8-13/h12-13,19H,5-11H2,1-4H3,(H,17,20). The Morgan fingerprint density at radius 3 is 2.24 bits per heavy atom. The Morgan fingerprint density at radius 2 is 1.76 bits per heavy atom. The topological polar surface area (TPSA) is 69.6 Å². The molecule has 0 saturated heterocycles.